The fourth-order valence-electron chi connectivity index (χ4n) is 2.99. The van der Waals surface area contributed by atoms with E-state index in [4.69, 9.17) is 27.9 Å². The van der Waals surface area contributed by atoms with E-state index in [2.05, 4.69) is 41.1 Å². The molecule has 1 atom stereocenters. The first-order valence-electron chi connectivity index (χ1n) is 8.19. The maximum atomic E-state index is 6.25. The minimum absolute atomic E-state index is 0.204. The second-order valence-corrected chi connectivity index (χ2v) is 6.91. The fourth-order valence-corrected chi connectivity index (χ4v) is 3.33. The third-order valence-electron chi connectivity index (χ3n) is 4.48. The molecule has 128 valence electrons. The van der Waals surface area contributed by atoms with Crippen LogP contribution in [0.15, 0.2) is 48.5 Å². The van der Waals surface area contributed by atoms with Crippen LogP contribution >= 0.6 is 23.2 Å². The van der Waals surface area contributed by atoms with E-state index in [0.717, 1.165) is 26.2 Å². The van der Waals surface area contributed by atoms with Crippen molar-refractivity contribution in [3.8, 4) is 5.75 Å². The van der Waals surface area contributed by atoms with Crippen LogP contribution in [0.5, 0.6) is 5.75 Å². The van der Waals surface area contributed by atoms with Crippen LogP contribution in [0.1, 0.15) is 11.6 Å². The largest absolute Gasteiger partial charge is 0.490 e. The van der Waals surface area contributed by atoms with Gasteiger partial charge in [0.25, 0.3) is 0 Å². The van der Waals surface area contributed by atoms with E-state index in [1.54, 1.807) is 6.07 Å². The zero-order chi connectivity index (χ0) is 16.9. The van der Waals surface area contributed by atoms with Gasteiger partial charge in [-0.15, -0.1) is 0 Å². The van der Waals surface area contributed by atoms with Crippen LogP contribution in [0.3, 0.4) is 0 Å². The van der Waals surface area contributed by atoms with E-state index in [-0.39, 0.29) is 6.04 Å². The summed E-state index contributed by atoms with van der Waals surface area (Å²) >= 11 is 12.3. The molecule has 5 heteroatoms. The van der Waals surface area contributed by atoms with Crippen molar-refractivity contribution in [1.29, 1.82) is 0 Å². The molecule has 1 fully saturated rings. The Hall–Kier alpha value is -1.26. The number of hydrogen-bond acceptors (Lipinski definition) is 3. The van der Waals surface area contributed by atoms with Crippen LogP contribution in [-0.2, 0) is 0 Å². The predicted octanol–water partition coefficient (Wildman–Crippen LogP) is 4.36. The van der Waals surface area contributed by atoms with Crippen LogP contribution in [0, 0.1) is 0 Å². The van der Waals surface area contributed by atoms with Crippen LogP contribution in [0.2, 0.25) is 10.0 Å². The van der Waals surface area contributed by atoms with Gasteiger partial charge in [-0.1, -0.05) is 59.6 Å². The predicted molar refractivity (Wildman–Crippen MR) is 100 cm³/mol. The van der Waals surface area contributed by atoms with Crippen molar-refractivity contribution in [2.75, 3.05) is 39.8 Å². The first kappa shape index (κ1) is 17.6. The standard InChI is InChI=1S/C19H22Cl2N2O/c1-22-10-12-23(13-11-22)17(15-6-3-2-4-7-15)14-24-18-9-5-8-16(20)19(18)21/h2-9,17H,10-14H2,1H3/t17-/m0/s1. The smallest absolute Gasteiger partial charge is 0.139 e. The number of benzene rings is 2. The average molecular weight is 365 g/mol. The maximum absolute atomic E-state index is 6.25. The van der Waals surface area contributed by atoms with E-state index in [1.165, 1.54) is 5.56 Å². The molecule has 0 spiro atoms. The Labute approximate surface area is 153 Å². The summed E-state index contributed by atoms with van der Waals surface area (Å²) in [6.07, 6.45) is 0. The Kier molecular flexibility index (Phi) is 6.01. The first-order valence-corrected chi connectivity index (χ1v) is 8.95. The molecule has 2 aromatic rings. The lowest BCUT2D eigenvalue weighted by Crippen LogP contribution is -2.47. The molecule has 0 N–H and O–H groups in total. The number of ether oxygens (including phenoxy) is 1. The summed E-state index contributed by atoms with van der Waals surface area (Å²) in [5, 5.41) is 0.995. The Morgan fingerprint density at radius 1 is 0.958 bits per heavy atom. The van der Waals surface area contributed by atoms with Crippen molar-refractivity contribution < 1.29 is 4.74 Å². The molecule has 0 radical (unpaired) electrons. The molecule has 0 saturated carbocycles. The maximum Gasteiger partial charge on any atom is 0.139 e. The van der Waals surface area contributed by atoms with E-state index in [1.807, 2.05) is 18.2 Å². The van der Waals surface area contributed by atoms with Gasteiger partial charge in [0.2, 0.25) is 0 Å². The van der Waals surface area contributed by atoms with Crippen LogP contribution in [-0.4, -0.2) is 49.6 Å². The second-order valence-electron chi connectivity index (χ2n) is 6.13. The van der Waals surface area contributed by atoms with Crippen molar-refractivity contribution in [2.24, 2.45) is 0 Å². The van der Waals surface area contributed by atoms with E-state index in [9.17, 15) is 0 Å². The molecule has 1 heterocycles. The zero-order valence-electron chi connectivity index (χ0n) is 13.8. The van der Waals surface area contributed by atoms with Gasteiger partial charge in [-0.25, -0.2) is 0 Å². The zero-order valence-corrected chi connectivity index (χ0v) is 15.3. The lowest BCUT2D eigenvalue weighted by atomic mass is 10.1. The highest BCUT2D eigenvalue weighted by Gasteiger charge is 2.24. The molecule has 0 amide bonds. The van der Waals surface area contributed by atoms with Gasteiger partial charge in [0.15, 0.2) is 0 Å². The minimum Gasteiger partial charge on any atom is -0.490 e. The molecule has 0 aliphatic carbocycles. The first-order chi connectivity index (χ1) is 11.6. The topological polar surface area (TPSA) is 15.7 Å². The summed E-state index contributed by atoms with van der Waals surface area (Å²) in [5.74, 6) is 0.638. The SMILES string of the molecule is CN1CCN([C@@H](COc2cccc(Cl)c2Cl)c2ccccc2)CC1. The Bertz CT molecular complexity index is 658. The number of rotatable bonds is 5. The summed E-state index contributed by atoms with van der Waals surface area (Å²) in [5.41, 5.74) is 1.26. The molecule has 1 saturated heterocycles. The van der Waals surface area contributed by atoms with Crippen molar-refractivity contribution in [1.82, 2.24) is 9.80 Å². The average Bonchev–Trinajstić information content (AvgIpc) is 2.61. The van der Waals surface area contributed by atoms with Gasteiger partial charge >= 0.3 is 0 Å². The fraction of sp³-hybridized carbons (Fsp3) is 0.368. The Morgan fingerprint density at radius 2 is 1.67 bits per heavy atom. The van der Waals surface area contributed by atoms with Crippen molar-refractivity contribution in [3.05, 3.63) is 64.1 Å². The monoisotopic (exact) mass is 364 g/mol. The van der Waals surface area contributed by atoms with Gasteiger partial charge in [0, 0.05) is 26.2 Å². The number of hydrogen-bond donors (Lipinski definition) is 0. The molecule has 1 aliphatic heterocycles. The summed E-state index contributed by atoms with van der Waals surface area (Å²) in [6.45, 7) is 4.75. The number of likely N-dealkylation sites (N-methyl/N-ethyl adjacent to an activating group) is 1. The normalized spacial score (nSPS) is 17.6. The molecule has 24 heavy (non-hydrogen) atoms. The third-order valence-corrected chi connectivity index (χ3v) is 5.28. The third kappa shape index (κ3) is 4.22. The molecule has 0 unspecified atom stereocenters. The van der Waals surface area contributed by atoms with Gasteiger partial charge in [0.1, 0.15) is 17.4 Å². The van der Waals surface area contributed by atoms with Gasteiger partial charge in [-0.3, -0.25) is 4.90 Å². The molecule has 0 aromatic heterocycles. The molecule has 3 nitrogen and oxygen atoms in total. The number of nitrogens with zero attached hydrogens (tertiary/aromatic N) is 2. The van der Waals surface area contributed by atoms with Crippen molar-refractivity contribution in [2.45, 2.75) is 6.04 Å². The summed E-state index contributed by atoms with van der Waals surface area (Å²) in [4.78, 5) is 4.83. The second kappa shape index (κ2) is 8.21. The Morgan fingerprint density at radius 3 is 2.38 bits per heavy atom. The van der Waals surface area contributed by atoms with Crippen molar-refractivity contribution in [3.63, 3.8) is 0 Å². The van der Waals surface area contributed by atoms with Crippen molar-refractivity contribution >= 4 is 23.2 Å². The van der Waals surface area contributed by atoms with E-state index in [0.29, 0.717) is 22.4 Å². The highest BCUT2D eigenvalue weighted by molar-refractivity contribution is 6.42. The van der Waals surface area contributed by atoms with Crippen LogP contribution in [0.4, 0.5) is 0 Å². The van der Waals surface area contributed by atoms with E-state index >= 15 is 0 Å². The number of halogens is 2. The minimum atomic E-state index is 0.204. The summed E-state index contributed by atoms with van der Waals surface area (Å²) in [6, 6.07) is 16.2. The molecular formula is C19H22Cl2N2O. The Balaban J connectivity index is 1.76. The molecule has 1 aliphatic rings. The molecular weight excluding hydrogens is 343 g/mol. The lowest BCUT2D eigenvalue weighted by Gasteiger charge is -2.38. The summed E-state index contributed by atoms with van der Waals surface area (Å²) < 4.78 is 6.04. The highest BCUT2D eigenvalue weighted by Crippen LogP contribution is 2.33. The molecule has 0 bridgehead atoms. The van der Waals surface area contributed by atoms with Gasteiger partial charge in [-0.05, 0) is 24.7 Å². The molecule has 3 rings (SSSR count). The lowest BCUT2D eigenvalue weighted by molar-refractivity contribution is 0.0816. The van der Waals surface area contributed by atoms with Gasteiger partial charge in [-0.2, -0.15) is 0 Å². The van der Waals surface area contributed by atoms with E-state index < -0.39 is 0 Å². The summed E-state index contributed by atoms with van der Waals surface area (Å²) in [7, 11) is 2.16. The van der Waals surface area contributed by atoms with Crippen LogP contribution in [0.25, 0.3) is 0 Å². The highest BCUT2D eigenvalue weighted by atomic mass is 35.5. The van der Waals surface area contributed by atoms with Gasteiger partial charge < -0.3 is 9.64 Å². The van der Waals surface area contributed by atoms with Gasteiger partial charge in [0.05, 0.1) is 11.1 Å². The number of piperazine rings is 1. The van der Waals surface area contributed by atoms with Crippen LogP contribution < -0.4 is 4.74 Å². The molecule has 2 aromatic carbocycles. The quantitative estimate of drug-likeness (QED) is 0.783.